The van der Waals surface area contributed by atoms with E-state index in [1.165, 1.54) is 5.69 Å². The summed E-state index contributed by atoms with van der Waals surface area (Å²) < 4.78 is 5.01. The first-order valence-electron chi connectivity index (χ1n) is 5.40. The van der Waals surface area contributed by atoms with Crippen LogP contribution >= 0.6 is 11.8 Å². The molecule has 1 aliphatic rings. The Labute approximate surface area is 101 Å². The van der Waals surface area contributed by atoms with Crippen LogP contribution in [0.1, 0.15) is 0 Å². The third-order valence-corrected chi connectivity index (χ3v) is 3.38. The second-order valence-corrected chi connectivity index (χ2v) is 4.55. The van der Waals surface area contributed by atoms with Gasteiger partial charge >= 0.3 is 0 Å². The van der Waals surface area contributed by atoms with Gasteiger partial charge in [0.05, 0.1) is 13.2 Å². The molecule has 1 fully saturated rings. The SMILES string of the molecule is COCCN=C1SCCN1c1ccccc1. The number of hydrogen-bond donors (Lipinski definition) is 0. The molecule has 0 radical (unpaired) electrons. The Kier molecular flexibility index (Phi) is 4.25. The second-order valence-electron chi connectivity index (χ2n) is 3.49. The average molecular weight is 236 g/mol. The highest BCUT2D eigenvalue weighted by Gasteiger charge is 2.20. The van der Waals surface area contributed by atoms with Crippen molar-refractivity contribution in [3.05, 3.63) is 30.3 Å². The lowest BCUT2D eigenvalue weighted by Crippen LogP contribution is -2.24. The maximum atomic E-state index is 5.01. The molecule has 16 heavy (non-hydrogen) atoms. The molecule has 1 aromatic rings. The highest BCUT2D eigenvalue weighted by Crippen LogP contribution is 2.24. The minimum atomic E-state index is 0.687. The Morgan fingerprint density at radius 2 is 2.19 bits per heavy atom. The van der Waals surface area contributed by atoms with Crippen LogP contribution in [-0.2, 0) is 4.74 Å². The van der Waals surface area contributed by atoms with E-state index >= 15 is 0 Å². The van der Waals surface area contributed by atoms with Gasteiger partial charge in [-0.3, -0.25) is 4.99 Å². The van der Waals surface area contributed by atoms with E-state index in [0.29, 0.717) is 6.61 Å². The first-order valence-corrected chi connectivity index (χ1v) is 6.39. The maximum absolute atomic E-state index is 5.01. The van der Waals surface area contributed by atoms with Gasteiger partial charge in [0.1, 0.15) is 0 Å². The molecule has 0 atom stereocenters. The Morgan fingerprint density at radius 3 is 2.94 bits per heavy atom. The van der Waals surface area contributed by atoms with Crippen LogP contribution < -0.4 is 4.90 Å². The van der Waals surface area contributed by atoms with Gasteiger partial charge in [-0.05, 0) is 12.1 Å². The Hall–Kier alpha value is -1.00. The molecule has 0 spiro atoms. The summed E-state index contributed by atoms with van der Waals surface area (Å²) in [6.45, 7) is 2.47. The summed E-state index contributed by atoms with van der Waals surface area (Å²) in [5.74, 6) is 1.11. The van der Waals surface area contributed by atoms with Gasteiger partial charge in [-0.2, -0.15) is 0 Å². The highest BCUT2D eigenvalue weighted by atomic mass is 32.2. The number of ether oxygens (including phenoxy) is 1. The average Bonchev–Trinajstić information content (AvgIpc) is 2.79. The van der Waals surface area contributed by atoms with Gasteiger partial charge in [0.2, 0.25) is 0 Å². The monoisotopic (exact) mass is 236 g/mol. The third kappa shape index (κ3) is 2.77. The smallest absolute Gasteiger partial charge is 0.163 e. The van der Waals surface area contributed by atoms with Gasteiger partial charge < -0.3 is 9.64 Å². The van der Waals surface area contributed by atoms with Gasteiger partial charge in [0.25, 0.3) is 0 Å². The molecule has 1 heterocycles. The van der Waals surface area contributed by atoms with Crippen molar-refractivity contribution in [2.75, 3.05) is 37.5 Å². The maximum Gasteiger partial charge on any atom is 0.163 e. The number of benzene rings is 1. The lowest BCUT2D eigenvalue weighted by Gasteiger charge is -2.17. The first kappa shape index (κ1) is 11.5. The molecule has 0 bridgehead atoms. The summed E-state index contributed by atoms with van der Waals surface area (Å²) in [6.07, 6.45) is 0. The van der Waals surface area contributed by atoms with Crippen LogP contribution in [0.4, 0.5) is 5.69 Å². The normalized spacial score (nSPS) is 18.3. The van der Waals surface area contributed by atoms with Crippen LogP contribution in [0, 0.1) is 0 Å². The van der Waals surface area contributed by atoms with E-state index in [9.17, 15) is 0 Å². The predicted molar refractivity (Wildman–Crippen MR) is 70.4 cm³/mol. The molecule has 0 unspecified atom stereocenters. The molecule has 0 amide bonds. The zero-order valence-electron chi connectivity index (χ0n) is 9.43. The molecule has 1 aromatic carbocycles. The van der Waals surface area contributed by atoms with E-state index in [1.54, 1.807) is 7.11 Å². The van der Waals surface area contributed by atoms with Crippen molar-refractivity contribution in [1.29, 1.82) is 0 Å². The first-order chi connectivity index (χ1) is 7.92. The van der Waals surface area contributed by atoms with Gasteiger partial charge in [-0.25, -0.2) is 0 Å². The second kappa shape index (κ2) is 5.92. The van der Waals surface area contributed by atoms with Crippen molar-refractivity contribution in [3.8, 4) is 0 Å². The molecule has 0 aromatic heterocycles. The molecule has 1 aliphatic heterocycles. The summed E-state index contributed by atoms with van der Waals surface area (Å²) in [7, 11) is 1.71. The zero-order chi connectivity index (χ0) is 11.2. The Balaban J connectivity index is 2.06. The molecule has 0 saturated carbocycles. The number of hydrogen-bond acceptors (Lipinski definition) is 3. The van der Waals surface area contributed by atoms with E-state index < -0.39 is 0 Å². The summed E-state index contributed by atoms with van der Waals surface area (Å²) in [4.78, 5) is 6.82. The lowest BCUT2D eigenvalue weighted by atomic mass is 10.3. The number of anilines is 1. The minimum absolute atomic E-state index is 0.687. The fraction of sp³-hybridized carbons (Fsp3) is 0.417. The molecule has 0 aliphatic carbocycles. The largest absolute Gasteiger partial charge is 0.383 e. The van der Waals surface area contributed by atoms with Crippen molar-refractivity contribution in [1.82, 2.24) is 0 Å². The van der Waals surface area contributed by atoms with Crippen LogP contribution in [0.25, 0.3) is 0 Å². The van der Waals surface area contributed by atoms with Crippen LogP contribution in [0.3, 0.4) is 0 Å². The zero-order valence-corrected chi connectivity index (χ0v) is 10.2. The predicted octanol–water partition coefficient (Wildman–Crippen LogP) is 2.24. The third-order valence-electron chi connectivity index (χ3n) is 2.39. The van der Waals surface area contributed by atoms with Gasteiger partial charge in [0, 0.05) is 25.1 Å². The summed E-state index contributed by atoms with van der Waals surface area (Å²) in [6, 6.07) is 10.4. The number of nitrogens with zero attached hydrogens (tertiary/aromatic N) is 2. The molecular weight excluding hydrogens is 220 g/mol. The molecule has 1 saturated heterocycles. The van der Waals surface area contributed by atoms with E-state index in [1.807, 2.05) is 17.8 Å². The van der Waals surface area contributed by atoms with Crippen LogP contribution in [0.15, 0.2) is 35.3 Å². The fourth-order valence-electron chi connectivity index (χ4n) is 1.61. The highest BCUT2D eigenvalue weighted by molar-refractivity contribution is 8.14. The number of aliphatic imine (C=N–C) groups is 1. The summed E-state index contributed by atoms with van der Waals surface area (Å²) in [5, 5.41) is 1.11. The Bertz CT molecular complexity index is 353. The fourth-order valence-corrected chi connectivity index (χ4v) is 2.60. The van der Waals surface area contributed by atoms with Crippen LogP contribution in [-0.4, -0.2) is 37.7 Å². The minimum Gasteiger partial charge on any atom is -0.383 e. The molecular formula is C12H16N2OS. The van der Waals surface area contributed by atoms with Gasteiger partial charge in [0.15, 0.2) is 5.17 Å². The number of rotatable bonds is 4. The van der Waals surface area contributed by atoms with E-state index in [0.717, 1.165) is 24.0 Å². The van der Waals surface area contributed by atoms with Crippen molar-refractivity contribution in [3.63, 3.8) is 0 Å². The number of thioether (sulfide) groups is 1. The Morgan fingerprint density at radius 1 is 1.38 bits per heavy atom. The van der Waals surface area contributed by atoms with Crippen molar-refractivity contribution in [2.45, 2.75) is 0 Å². The van der Waals surface area contributed by atoms with E-state index in [4.69, 9.17) is 4.74 Å². The van der Waals surface area contributed by atoms with E-state index in [-0.39, 0.29) is 0 Å². The molecule has 86 valence electrons. The quantitative estimate of drug-likeness (QED) is 0.750. The van der Waals surface area contributed by atoms with Crippen molar-refractivity contribution in [2.24, 2.45) is 4.99 Å². The van der Waals surface area contributed by atoms with Crippen molar-refractivity contribution < 1.29 is 4.74 Å². The standard InChI is InChI=1S/C12H16N2OS/c1-15-9-7-13-12-14(8-10-16-12)11-5-3-2-4-6-11/h2-6H,7-10H2,1H3. The van der Waals surface area contributed by atoms with Crippen LogP contribution in [0.5, 0.6) is 0 Å². The van der Waals surface area contributed by atoms with Crippen LogP contribution in [0.2, 0.25) is 0 Å². The number of methoxy groups -OCH3 is 1. The molecule has 2 rings (SSSR count). The number of amidine groups is 1. The number of para-hydroxylation sites is 1. The molecule has 0 N–H and O–H groups in total. The van der Waals surface area contributed by atoms with Gasteiger partial charge in [-0.15, -0.1) is 0 Å². The molecule has 4 heteroatoms. The molecule has 3 nitrogen and oxygen atoms in total. The van der Waals surface area contributed by atoms with E-state index in [2.05, 4.69) is 34.2 Å². The summed E-state index contributed by atoms with van der Waals surface area (Å²) in [5.41, 5.74) is 1.23. The summed E-state index contributed by atoms with van der Waals surface area (Å²) >= 11 is 1.82. The van der Waals surface area contributed by atoms with Gasteiger partial charge in [-0.1, -0.05) is 30.0 Å². The topological polar surface area (TPSA) is 24.8 Å². The lowest BCUT2D eigenvalue weighted by molar-refractivity contribution is 0.208. The van der Waals surface area contributed by atoms with Crippen molar-refractivity contribution >= 4 is 22.6 Å².